The van der Waals surface area contributed by atoms with Gasteiger partial charge in [0.1, 0.15) is 12.1 Å². The first-order valence-corrected chi connectivity index (χ1v) is 7.90. The summed E-state index contributed by atoms with van der Waals surface area (Å²) >= 11 is 0. The zero-order chi connectivity index (χ0) is 15.4. The molecule has 5 nitrogen and oxygen atoms in total. The van der Waals surface area contributed by atoms with E-state index in [0.717, 1.165) is 6.42 Å². The molecule has 2 saturated heterocycles. The van der Waals surface area contributed by atoms with E-state index in [1.807, 2.05) is 36.0 Å². The molecule has 3 atom stereocenters. The summed E-state index contributed by atoms with van der Waals surface area (Å²) < 4.78 is 0. The van der Waals surface area contributed by atoms with Gasteiger partial charge in [0.05, 0.1) is 0 Å². The number of carbonyl (C=O) groups is 2. The molecule has 0 radical (unpaired) electrons. The molecular weight excluding hydrogens is 278 g/mol. The second kappa shape index (κ2) is 4.81. The Kier molecular flexibility index (Phi) is 3.01. The van der Waals surface area contributed by atoms with Gasteiger partial charge in [-0.05, 0) is 31.6 Å². The molecule has 0 saturated carbocycles. The molecule has 0 spiro atoms. The van der Waals surface area contributed by atoms with Crippen LogP contribution < -0.4 is 0 Å². The Morgan fingerprint density at radius 3 is 2.41 bits per heavy atom. The van der Waals surface area contributed by atoms with E-state index >= 15 is 0 Å². The first kappa shape index (κ1) is 13.8. The average Bonchev–Trinajstić information content (AvgIpc) is 2.97. The van der Waals surface area contributed by atoms with Gasteiger partial charge in [-0.25, -0.2) is 0 Å². The van der Waals surface area contributed by atoms with Crippen LogP contribution in [0.2, 0.25) is 0 Å². The largest absolute Gasteiger partial charge is 0.327 e. The molecule has 3 aliphatic heterocycles. The van der Waals surface area contributed by atoms with Crippen molar-refractivity contribution in [2.45, 2.75) is 37.5 Å². The van der Waals surface area contributed by atoms with Gasteiger partial charge in [0.15, 0.2) is 0 Å². The van der Waals surface area contributed by atoms with Crippen molar-refractivity contribution < 1.29 is 9.59 Å². The van der Waals surface area contributed by atoms with Crippen LogP contribution in [0.4, 0.5) is 0 Å². The summed E-state index contributed by atoms with van der Waals surface area (Å²) in [6.07, 6.45) is 1.40. The summed E-state index contributed by atoms with van der Waals surface area (Å²) in [4.78, 5) is 31.5. The van der Waals surface area contributed by atoms with Crippen molar-refractivity contribution in [3.05, 3.63) is 35.4 Å². The number of hydrogen-bond acceptors (Lipinski definition) is 3. The zero-order valence-corrected chi connectivity index (χ0v) is 13.0. The maximum atomic E-state index is 12.9. The quantitative estimate of drug-likeness (QED) is 0.758. The van der Waals surface area contributed by atoms with Gasteiger partial charge in [0, 0.05) is 25.6 Å². The monoisotopic (exact) mass is 299 g/mol. The van der Waals surface area contributed by atoms with Crippen molar-refractivity contribution in [1.82, 2.24) is 14.7 Å². The molecule has 0 unspecified atom stereocenters. The van der Waals surface area contributed by atoms with Crippen LogP contribution >= 0.6 is 0 Å². The van der Waals surface area contributed by atoms with Gasteiger partial charge in [-0.15, -0.1) is 0 Å². The van der Waals surface area contributed by atoms with Crippen molar-refractivity contribution >= 4 is 11.8 Å². The Morgan fingerprint density at radius 2 is 1.68 bits per heavy atom. The number of likely N-dealkylation sites (N-methyl/N-ethyl adjacent to an activating group) is 1. The Morgan fingerprint density at radius 1 is 1.00 bits per heavy atom. The molecular formula is C17H21N3O2. The van der Waals surface area contributed by atoms with Gasteiger partial charge in [0.2, 0.25) is 11.8 Å². The second-order valence-electron chi connectivity index (χ2n) is 6.81. The number of amides is 2. The van der Waals surface area contributed by atoms with Crippen LogP contribution in [0.3, 0.4) is 0 Å². The van der Waals surface area contributed by atoms with Crippen LogP contribution in [0, 0.1) is 0 Å². The standard InChI is InChI=1S/C17H21N3O2/c1-18(2)13-8-15-17(22)19-9-12-6-4-3-5-11(12)7-14(19)16(21)20(15)10-13/h3-6,13-15H,7-10H2,1-2H3/t13-,14-,15+/m1/s1. The summed E-state index contributed by atoms with van der Waals surface area (Å²) in [5, 5.41) is 0. The van der Waals surface area contributed by atoms with E-state index in [0.29, 0.717) is 19.5 Å². The van der Waals surface area contributed by atoms with Crippen LogP contribution in [-0.4, -0.2) is 65.3 Å². The number of carbonyl (C=O) groups excluding carboxylic acids is 2. The van der Waals surface area contributed by atoms with Gasteiger partial charge < -0.3 is 14.7 Å². The van der Waals surface area contributed by atoms with E-state index in [1.165, 1.54) is 11.1 Å². The molecule has 4 rings (SSSR count). The molecule has 0 aliphatic carbocycles. The lowest BCUT2D eigenvalue weighted by Crippen LogP contribution is -2.64. The fourth-order valence-corrected chi connectivity index (χ4v) is 4.02. The summed E-state index contributed by atoms with van der Waals surface area (Å²) in [7, 11) is 4.03. The molecule has 2 amide bonds. The fourth-order valence-electron chi connectivity index (χ4n) is 4.02. The average molecular weight is 299 g/mol. The maximum absolute atomic E-state index is 12.9. The molecule has 22 heavy (non-hydrogen) atoms. The van der Waals surface area contributed by atoms with Crippen LogP contribution in [0.15, 0.2) is 24.3 Å². The first-order chi connectivity index (χ1) is 10.6. The Bertz CT molecular complexity index is 592. The maximum Gasteiger partial charge on any atom is 0.246 e. The number of nitrogens with zero attached hydrogens (tertiary/aromatic N) is 3. The molecule has 3 heterocycles. The highest BCUT2D eigenvalue weighted by Crippen LogP contribution is 2.34. The Labute approximate surface area is 130 Å². The van der Waals surface area contributed by atoms with Gasteiger partial charge >= 0.3 is 0 Å². The second-order valence-corrected chi connectivity index (χ2v) is 6.81. The van der Waals surface area contributed by atoms with Crippen LogP contribution in [0.1, 0.15) is 17.5 Å². The number of benzene rings is 1. The third-order valence-corrected chi connectivity index (χ3v) is 5.39. The normalized spacial score (nSPS) is 30.4. The minimum atomic E-state index is -0.306. The lowest BCUT2D eigenvalue weighted by Gasteiger charge is -2.45. The van der Waals surface area contributed by atoms with Crippen molar-refractivity contribution in [2.24, 2.45) is 0 Å². The smallest absolute Gasteiger partial charge is 0.246 e. The van der Waals surface area contributed by atoms with Gasteiger partial charge in [0.25, 0.3) is 0 Å². The van der Waals surface area contributed by atoms with E-state index < -0.39 is 0 Å². The molecule has 0 aromatic heterocycles. The topological polar surface area (TPSA) is 43.9 Å². The Balaban J connectivity index is 1.67. The van der Waals surface area contributed by atoms with Crippen molar-refractivity contribution in [3.8, 4) is 0 Å². The summed E-state index contributed by atoms with van der Waals surface area (Å²) in [5.74, 6) is 0.256. The number of hydrogen-bond donors (Lipinski definition) is 0. The molecule has 1 aromatic rings. The predicted octanol–water partition coefficient (Wildman–Crippen LogP) is 0.485. The van der Waals surface area contributed by atoms with E-state index in [4.69, 9.17) is 0 Å². The lowest BCUT2D eigenvalue weighted by molar-refractivity contribution is -0.160. The molecule has 2 fully saturated rings. The van der Waals surface area contributed by atoms with E-state index in [1.54, 1.807) is 0 Å². The third-order valence-electron chi connectivity index (χ3n) is 5.39. The van der Waals surface area contributed by atoms with Crippen molar-refractivity contribution in [2.75, 3.05) is 20.6 Å². The molecule has 3 aliphatic rings. The van der Waals surface area contributed by atoms with Crippen molar-refractivity contribution in [3.63, 3.8) is 0 Å². The van der Waals surface area contributed by atoms with Crippen LogP contribution in [0.25, 0.3) is 0 Å². The van der Waals surface area contributed by atoms with Crippen molar-refractivity contribution in [1.29, 1.82) is 0 Å². The van der Waals surface area contributed by atoms with E-state index in [2.05, 4.69) is 17.0 Å². The zero-order valence-electron chi connectivity index (χ0n) is 13.0. The van der Waals surface area contributed by atoms with Crippen LogP contribution in [0.5, 0.6) is 0 Å². The van der Waals surface area contributed by atoms with Gasteiger partial charge in [-0.1, -0.05) is 24.3 Å². The fraction of sp³-hybridized carbons (Fsp3) is 0.529. The third kappa shape index (κ3) is 1.88. The molecule has 0 bridgehead atoms. The van der Waals surface area contributed by atoms with E-state index in [9.17, 15) is 9.59 Å². The summed E-state index contributed by atoms with van der Waals surface area (Å²) in [5.41, 5.74) is 2.38. The number of rotatable bonds is 1. The number of fused-ring (bicyclic) bond motifs is 3. The highest BCUT2D eigenvalue weighted by Gasteiger charge is 2.51. The summed E-state index contributed by atoms with van der Waals surface area (Å²) in [6.45, 7) is 1.25. The SMILES string of the molecule is CN(C)[C@@H]1C[C@H]2C(=O)N3Cc4ccccc4C[C@@H]3C(=O)N2C1. The summed E-state index contributed by atoms with van der Waals surface area (Å²) in [6, 6.07) is 7.85. The number of piperazine rings is 1. The molecule has 1 aromatic carbocycles. The highest BCUT2D eigenvalue weighted by molar-refractivity contribution is 5.98. The molecule has 0 N–H and O–H groups in total. The molecule has 116 valence electrons. The Hall–Kier alpha value is -1.88. The van der Waals surface area contributed by atoms with E-state index in [-0.39, 0.29) is 29.9 Å². The lowest BCUT2D eigenvalue weighted by atomic mass is 9.90. The van der Waals surface area contributed by atoms with Gasteiger partial charge in [-0.2, -0.15) is 0 Å². The predicted molar refractivity (Wildman–Crippen MR) is 82.1 cm³/mol. The van der Waals surface area contributed by atoms with Gasteiger partial charge in [-0.3, -0.25) is 9.59 Å². The van der Waals surface area contributed by atoms with Crippen LogP contribution in [-0.2, 0) is 22.6 Å². The minimum Gasteiger partial charge on any atom is -0.327 e. The first-order valence-electron chi connectivity index (χ1n) is 7.90. The highest BCUT2D eigenvalue weighted by atomic mass is 16.2. The molecule has 5 heteroatoms. The minimum absolute atomic E-state index is 0.128.